The summed E-state index contributed by atoms with van der Waals surface area (Å²) in [6.45, 7) is 3.91. The molecule has 7 nitrogen and oxygen atoms in total. The highest BCUT2D eigenvalue weighted by atomic mass is 35.5. The fourth-order valence-corrected chi connectivity index (χ4v) is 2.52. The molecular formula is C15H17ClN4O3. The van der Waals surface area contributed by atoms with Gasteiger partial charge in [0.2, 0.25) is 5.95 Å². The molecule has 0 aromatic carbocycles. The molecule has 1 saturated heterocycles. The molecule has 1 amide bonds. The summed E-state index contributed by atoms with van der Waals surface area (Å²) in [4.78, 5) is 22.7. The van der Waals surface area contributed by atoms with Crippen molar-refractivity contribution in [1.29, 1.82) is 0 Å². The lowest BCUT2D eigenvalue weighted by Crippen LogP contribution is -2.47. The van der Waals surface area contributed by atoms with E-state index in [1.165, 1.54) is 6.20 Å². The smallest absolute Gasteiger partial charge is 0.274 e. The quantitative estimate of drug-likeness (QED) is 0.922. The average Bonchev–Trinajstić information content (AvgIpc) is 3.07. The minimum Gasteiger partial charge on any atom is -0.467 e. The van der Waals surface area contributed by atoms with E-state index in [0.29, 0.717) is 32.3 Å². The van der Waals surface area contributed by atoms with Crippen molar-refractivity contribution in [3.05, 3.63) is 41.1 Å². The van der Waals surface area contributed by atoms with E-state index in [0.717, 1.165) is 5.76 Å². The van der Waals surface area contributed by atoms with Crippen LogP contribution in [0.15, 0.2) is 29.0 Å². The van der Waals surface area contributed by atoms with Crippen LogP contribution in [0.3, 0.4) is 0 Å². The highest BCUT2D eigenvalue weighted by Gasteiger charge is 2.27. The van der Waals surface area contributed by atoms with Crippen molar-refractivity contribution in [3.63, 3.8) is 0 Å². The van der Waals surface area contributed by atoms with Crippen LogP contribution < -0.4 is 5.32 Å². The number of hydrogen-bond donors (Lipinski definition) is 1. The maximum atomic E-state index is 12.7. The molecule has 0 radical (unpaired) electrons. The Hall–Kier alpha value is -2.12. The van der Waals surface area contributed by atoms with E-state index in [4.69, 9.17) is 20.8 Å². The Bertz CT molecular complexity index is 677. The van der Waals surface area contributed by atoms with Gasteiger partial charge < -0.3 is 19.4 Å². The summed E-state index contributed by atoms with van der Waals surface area (Å²) in [5, 5.41) is 3.25. The Balaban J connectivity index is 1.75. The molecule has 0 spiro atoms. The van der Waals surface area contributed by atoms with Gasteiger partial charge in [-0.1, -0.05) is 11.6 Å². The molecule has 2 aromatic rings. The molecule has 1 fully saturated rings. The van der Waals surface area contributed by atoms with E-state index in [-0.39, 0.29) is 22.7 Å². The van der Waals surface area contributed by atoms with E-state index in [1.54, 1.807) is 17.2 Å². The van der Waals surface area contributed by atoms with E-state index in [2.05, 4.69) is 15.3 Å². The molecule has 0 bridgehead atoms. The van der Waals surface area contributed by atoms with Gasteiger partial charge in [-0.2, -0.15) is 0 Å². The van der Waals surface area contributed by atoms with Gasteiger partial charge >= 0.3 is 0 Å². The Morgan fingerprint density at radius 2 is 2.43 bits per heavy atom. The first kappa shape index (κ1) is 15.8. The summed E-state index contributed by atoms with van der Waals surface area (Å²) in [6, 6.07) is 3.63. The van der Waals surface area contributed by atoms with Crippen LogP contribution in [0.2, 0.25) is 5.02 Å². The van der Waals surface area contributed by atoms with Crippen LogP contribution >= 0.6 is 11.6 Å². The Morgan fingerprint density at radius 3 is 3.17 bits per heavy atom. The van der Waals surface area contributed by atoms with Gasteiger partial charge in [-0.25, -0.2) is 9.97 Å². The molecule has 1 N–H and O–H groups in total. The second kappa shape index (κ2) is 6.97. The first-order valence-electron chi connectivity index (χ1n) is 7.32. The predicted octanol–water partition coefficient (Wildman–Crippen LogP) is 2.20. The number of morpholine rings is 1. The van der Waals surface area contributed by atoms with Crippen molar-refractivity contribution in [2.75, 3.05) is 25.1 Å². The number of halogens is 1. The third kappa shape index (κ3) is 3.62. The van der Waals surface area contributed by atoms with Gasteiger partial charge in [0.05, 0.1) is 43.3 Å². The lowest BCUT2D eigenvalue weighted by Gasteiger charge is -2.33. The molecule has 2 aromatic heterocycles. The summed E-state index contributed by atoms with van der Waals surface area (Å²) in [7, 11) is 0. The number of carbonyl (C=O) groups excluding carboxylic acids is 1. The zero-order valence-corrected chi connectivity index (χ0v) is 13.4. The first-order chi connectivity index (χ1) is 11.1. The van der Waals surface area contributed by atoms with Gasteiger partial charge in [0.25, 0.3) is 5.91 Å². The summed E-state index contributed by atoms with van der Waals surface area (Å²) < 4.78 is 10.6. The van der Waals surface area contributed by atoms with E-state index in [9.17, 15) is 4.79 Å². The standard InChI is InChI=1S/C15H17ClN4O3/c1-10-9-22-6-4-20(10)14(21)13-12(16)8-18-15(19-13)17-7-11-3-2-5-23-11/h2-3,5,8,10H,4,6-7,9H2,1H3,(H,17,18,19)/t10-/m1/s1. The molecule has 1 aliphatic rings. The predicted molar refractivity (Wildman–Crippen MR) is 84.4 cm³/mol. The fraction of sp³-hybridized carbons (Fsp3) is 0.400. The molecular weight excluding hydrogens is 320 g/mol. The third-order valence-corrected chi connectivity index (χ3v) is 3.85. The summed E-state index contributed by atoms with van der Waals surface area (Å²) >= 11 is 6.11. The number of ether oxygens (including phenoxy) is 1. The van der Waals surface area contributed by atoms with E-state index >= 15 is 0 Å². The number of rotatable bonds is 4. The lowest BCUT2D eigenvalue weighted by atomic mass is 10.2. The molecule has 0 unspecified atom stereocenters. The Labute approximate surface area is 138 Å². The topological polar surface area (TPSA) is 80.5 Å². The number of anilines is 1. The number of hydrogen-bond acceptors (Lipinski definition) is 6. The number of carbonyl (C=O) groups is 1. The van der Waals surface area contributed by atoms with Crippen LogP contribution in [-0.4, -0.2) is 46.6 Å². The van der Waals surface area contributed by atoms with Crippen molar-refractivity contribution in [2.45, 2.75) is 19.5 Å². The number of furan rings is 1. The Morgan fingerprint density at radius 1 is 1.57 bits per heavy atom. The summed E-state index contributed by atoms with van der Waals surface area (Å²) in [6.07, 6.45) is 3.02. The normalized spacial score (nSPS) is 18.0. The number of nitrogens with zero attached hydrogens (tertiary/aromatic N) is 3. The molecule has 122 valence electrons. The molecule has 23 heavy (non-hydrogen) atoms. The van der Waals surface area contributed by atoms with Gasteiger partial charge in [0.1, 0.15) is 5.76 Å². The average molecular weight is 337 g/mol. The minimum absolute atomic E-state index is 0.0122. The lowest BCUT2D eigenvalue weighted by molar-refractivity contribution is 0.00328. The second-order valence-electron chi connectivity index (χ2n) is 5.25. The zero-order chi connectivity index (χ0) is 16.2. The number of nitrogens with one attached hydrogen (secondary N) is 1. The molecule has 0 aliphatic carbocycles. The number of amides is 1. The summed E-state index contributed by atoms with van der Waals surface area (Å²) in [5.74, 6) is 0.863. The molecule has 3 heterocycles. The van der Waals surface area contributed by atoms with Crippen LogP contribution in [0.4, 0.5) is 5.95 Å². The van der Waals surface area contributed by atoms with Gasteiger partial charge in [-0.3, -0.25) is 4.79 Å². The second-order valence-corrected chi connectivity index (χ2v) is 5.65. The minimum atomic E-state index is -0.214. The van der Waals surface area contributed by atoms with E-state index < -0.39 is 0 Å². The molecule has 0 saturated carbocycles. The van der Waals surface area contributed by atoms with Crippen LogP contribution in [0, 0.1) is 0 Å². The van der Waals surface area contributed by atoms with Crippen LogP contribution in [-0.2, 0) is 11.3 Å². The van der Waals surface area contributed by atoms with Crippen LogP contribution in [0.1, 0.15) is 23.2 Å². The van der Waals surface area contributed by atoms with Crippen molar-refractivity contribution in [1.82, 2.24) is 14.9 Å². The van der Waals surface area contributed by atoms with Crippen molar-refractivity contribution < 1.29 is 13.9 Å². The molecule has 3 rings (SSSR count). The van der Waals surface area contributed by atoms with Crippen molar-refractivity contribution >= 4 is 23.5 Å². The maximum absolute atomic E-state index is 12.7. The molecule has 1 aliphatic heterocycles. The number of aromatic nitrogens is 2. The first-order valence-corrected chi connectivity index (χ1v) is 7.70. The van der Waals surface area contributed by atoms with Gasteiger partial charge in [0.15, 0.2) is 5.69 Å². The van der Waals surface area contributed by atoms with E-state index in [1.807, 2.05) is 13.0 Å². The maximum Gasteiger partial charge on any atom is 0.274 e. The largest absolute Gasteiger partial charge is 0.467 e. The van der Waals surface area contributed by atoms with Crippen molar-refractivity contribution in [2.24, 2.45) is 0 Å². The van der Waals surface area contributed by atoms with Gasteiger partial charge in [0, 0.05) is 6.54 Å². The SMILES string of the molecule is C[C@@H]1COCCN1C(=O)c1nc(NCc2ccco2)ncc1Cl. The van der Waals surface area contributed by atoms with Crippen molar-refractivity contribution in [3.8, 4) is 0 Å². The van der Waals surface area contributed by atoms with Gasteiger partial charge in [-0.15, -0.1) is 0 Å². The molecule has 8 heteroatoms. The molecule has 1 atom stereocenters. The van der Waals surface area contributed by atoms with Gasteiger partial charge in [-0.05, 0) is 19.1 Å². The summed E-state index contributed by atoms with van der Waals surface area (Å²) in [5.41, 5.74) is 0.192. The Kier molecular flexibility index (Phi) is 4.78. The monoisotopic (exact) mass is 336 g/mol. The zero-order valence-electron chi connectivity index (χ0n) is 12.7. The van der Waals surface area contributed by atoms with Crippen LogP contribution in [0.5, 0.6) is 0 Å². The highest BCUT2D eigenvalue weighted by molar-refractivity contribution is 6.33. The highest BCUT2D eigenvalue weighted by Crippen LogP contribution is 2.19. The van der Waals surface area contributed by atoms with Crippen LogP contribution in [0.25, 0.3) is 0 Å². The fourth-order valence-electron chi connectivity index (χ4n) is 2.35. The third-order valence-electron chi connectivity index (χ3n) is 3.58.